The Hall–Kier alpha value is -2.01. The predicted molar refractivity (Wildman–Crippen MR) is 98.0 cm³/mol. The summed E-state index contributed by atoms with van der Waals surface area (Å²) in [4.78, 5) is 30.2. The van der Waals surface area contributed by atoms with Crippen LogP contribution in [0.15, 0.2) is 39.0 Å². The number of rotatable bonds is 4. The van der Waals surface area contributed by atoms with Crippen molar-refractivity contribution in [1.29, 1.82) is 0 Å². The molecule has 9 nitrogen and oxygen atoms in total. The number of aliphatic hydroxyl groups is 3. The molecule has 1 aromatic heterocycles. The topological polar surface area (TPSA) is 137 Å². The molecule has 1 aliphatic heterocycles. The number of H-pyrrole nitrogens is 1. The lowest BCUT2D eigenvalue weighted by atomic mass is 10.1. The fourth-order valence-electron chi connectivity index (χ4n) is 2.61. The van der Waals surface area contributed by atoms with Gasteiger partial charge < -0.3 is 20.1 Å². The Balaban J connectivity index is 1.96. The number of aromatic amines is 1. The molecule has 144 valence electrons. The second-order valence-electron chi connectivity index (χ2n) is 5.83. The first-order chi connectivity index (χ1) is 12.8. The van der Waals surface area contributed by atoms with E-state index in [4.69, 9.17) is 33.0 Å². The van der Waals surface area contributed by atoms with Gasteiger partial charge in [-0.25, -0.2) is 9.79 Å². The second-order valence-corrected chi connectivity index (χ2v) is 6.68. The third-order valence-corrected chi connectivity index (χ3v) is 4.61. The standard InChI is InChI=1S/C16H15Cl2N3O6/c17-8-2-1-7(9(18)3-8)4-19-10-5-21(16(26)20-14(10)25)15-13(24)12(23)11(6-22)27-15/h1-5,11-13,15,22-24H,6H2,(H,20,25,26)/t11-,12-,13-,15-/m1/s1. The van der Waals surface area contributed by atoms with Crippen LogP contribution in [0.3, 0.4) is 0 Å². The molecule has 4 N–H and O–H groups in total. The fourth-order valence-corrected chi connectivity index (χ4v) is 3.07. The number of aliphatic hydroxyl groups excluding tert-OH is 3. The van der Waals surface area contributed by atoms with E-state index in [0.29, 0.717) is 15.6 Å². The summed E-state index contributed by atoms with van der Waals surface area (Å²) < 4.78 is 6.19. The van der Waals surface area contributed by atoms with Crippen molar-refractivity contribution in [2.24, 2.45) is 4.99 Å². The minimum atomic E-state index is -1.48. The zero-order chi connectivity index (χ0) is 19.7. The van der Waals surface area contributed by atoms with Crippen LogP contribution in [0.2, 0.25) is 10.0 Å². The SMILES string of the molecule is O=c1[nH]c(=O)n([C@@H]2O[C@H](CO)[C@@H](O)[C@H]2O)cc1N=Cc1ccc(Cl)cc1Cl. The van der Waals surface area contributed by atoms with Gasteiger partial charge in [0.15, 0.2) is 6.23 Å². The van der Waals surface area contributed by atoms with E-state index in [2.05, 4.69) is 9.98 Å². The molecule has 0 saturated carbocycles. The van der Waals surface area contributed by atoms with Gasteiger partial charge in [0.05, 0.1) is 11.6 Å². The number of aromatic nitrogens is 2. The van der Waals surface area contributed by atoms with Gasteiger partial charge in [-0.05, 0) is 12.1 Å². The van der Waals surface area contributed by atoms with Gasteiger partial charge in [0.1, 0.15) is 24.0 Å². The molecule has 0 spiro atoms. The molecule has 1 aromatic carbocycles. The lowest BCUT2D eigenvalue weighted by Crippen LogP contribution is -2.37. The molecule has 4 atom stereocenters. The zero-order valence-corrected chi connectivity index (χ0v) is 15.1. The van der Waals surface area contributed by atoms with E-state index in [1.165, 1.54) is 12.3 Å². The van der Waals surface area contributed by atoms with E-state index in [1.807, 2.05) is 0 Å². The summed E-state index contributed by atoms with van der Waals surface area (Å²) in [6, 6.07) is 4.71. The Labute approximate surface area is 162 Å². The first-order valence-corrected chi connectivity index (χ1v) is 8.54. The third kappa shape index (κ3) is 3.98. The van der Waals surface area contributed by atoms with Crippen molar-refractivity contribution >= 4 is 35.1 Å². The van der Waals surface area contributed by atoms with Crippen LogP contribution in [0.25, 0.3) is 0 Å². The Kier molecular flexibility index (Phi) is 5.80. The highest BCUT2D eigenvalue weighted by molar-refractivity contribution is 6.36. The van der Waals surface area contributed by atoms with Crippen molar-refractivity contribution in [2.45, 2.75) is 24.5 Å². The number of nitrogens with one attached hydrogen (secondary N) is 1. The monoisotopic (exact) mass is 415 g/mol. The number of halogens is 2. The molecule has 2 heterocycles. The average Bonchev–Trinajstić information content (AvgIpc) is 2.90. The van der Waals surface area contributed by atoms with Crippen molar-refractivity contribution in [3.8, 4) is 0 Å². The van der Waals surface area contributed by atoms with Crippen molar-refractivity contribution < 1.29 is 20.1 Å². The molecule has 0 unspecified atom stereocenters. The molecule has 0 bridgehead atoms. The lowest BCUT2D eigenvalue weighted by molar-refractivity contribution is -0.0549. The van der Waals surface area contributed by atoms with Crippen molar-refractivity contribution in [3.63, 3.8) is 0 Å². The number of hydrogen-bond donors (Lipinski definition) is 4. The van der Waals surface area contributed by atoms with Gasteiger partial charge >= 0.3 is 5.69 Å². The van der Waals surface area contributed by atoms with Gasteiger partial charge in [0.25, 0.3) is 5.56 Å². The van der Waals surface area contributed by atoms with E-state index in [-0.39, 0.29) is 5.69 Å². The molecule has 1 fully saturated rings. The number of nitrogens with zero attached hydrogens (tertiary/aromatic N) is 2. The summed E-state index contributed by atoms with van der Waals surface area (Å²) in [5, 5.41) is 29.8. The molecular weight excluding hydrogens is 401 g/mol. The second kappa shape index (κ2) is 7.93. The van der Waals surface area contributed by atoms with Gasteiger partial charge in [-0.3, -0.25) is 14.3 Å². The maximum absolute atomic E-state index is 12.1. The summed E-state index contributed by atoms with van der Waals surface area (Å²) in [5.41, 5.74) is -1.29. The Morgan fingerprint density at radius 3 is 2.63 bits per heavy atom. The molecule has 11 heteroatoms. The van der Waals surface area contributed by atoms with Crippen LogP contribution in [0.1, 0.15) is 11.8 Å². The van der Waals surface area contributed by atoms with Crippen molar-refractivity contribution in [1.82, 2.24) is 9.55 Å². The number of aliphatic imine (C=N–C) groups is 1. The van der Waals surface area contributed by atoms with Crippen LogP contribution in [-0.4, -0.2) is 56.0 Å². The first kappa shape index (κ1) is 19.7. The van der Waals surface area contributed by atoms with Crippen LogP contribution >= 0.6 is 23.2 Å². The summed E-state index contributed by atoms with van der Waals surface area (Å²) in [7, 11) is 0. The van der Waals surface area contributed by atoms with E-state index >= 15 is 0 Å². The quantitative estimate of drug-likeness (QED) is 0.526. The minimum Gasteiger partial charge on any atom is -0.394 e. The summed E-state index contributed by atoms with van der Waals surface area (Å²) >= 11 is 11.9. The summed E-state index contributed by atoms with van der Waals surface area (Å²) in [6.45, 7) is -0.549. The normalized spacial score (nSPS) is 25.4. The Morgan fingerprint density at radius 1 is 1.26 bits per heavy atom. The predicted octanol–water partition coefficient (Wildman–Crippen LogP) is 0.206. The number of benzene rings is 1. The zero-order valence-electron chi connectivity index (χ0n) is 13.6. The highest BCUT2D eigenvalue weighted by Crippen LogP contribution is 2.28. The van der Waals surface area contributed by atoms with E-state index in [9.17, 15) is 19.8 Å². The lowest BCUT2D eigenvalue weighted by Gasteiger charge is -2.17. The molecule has 1 saturated heterocycles. The van der Waals surface area contributed by atoms with Crippen molar-refractivity contribution in [2.75, 3.05) is 6.61 Å². The molecule has 2 aromatic rings. The maximum Gasteiger partial charge on any atom is 0.330 e. The maximum atomic E-state index is 12.1. The number of hydrogen-bond acceptors (Lipinski definition) is 7. The fraction of sp³-hybridized carbons (Fsp3) is 0.312. The van der Waals surface area contributed by atoms with Crippen LogP contribution in [0.4, 0.5) is 5.69 Å². The van der Waals surface area contributed by atoms with Gasteiger partial charge in [-0.15, -0.1) is 0 Å². The molecule has 0 amide bonds. The molecule has 0 aliphatic carbocycles. The average molecular weight is 416 g/mol. The van der Waals surface area contributed by atoms with Crippen LogP contribution in [-0.2, 0) is 4.74 Å². The molecule has 3 rings (SSSR count). The van der Waals surface area contributed by atoms with Gasteiger partial charge in [0.2, 0.25) is 0 Å². The smallest absolute Gasteiger partial charge is 0.330 e. The van der Waals surface area contributed by atoms with Crippen LogP contribution in [0.5, 0.6) is 0 Å². The molecule has 1 aliphatic rings. The van der Waals surface area contributed by atoms with Gasteiger partial charge in [0, 0.05) is 23.0 Å². The molecular formula is C16H15Cl2N3O6. The third-order valence-electron chi connectivity index (χ3n) is 4.05. The number of ether oxygens (including phenoxy) is 1. The highest BCUT2D eigenvalue weighted by Gasteiger charge is 2.43. The van der Waals surface area contributed by atoms with Crippen molar-refractivity contribution in [3.05, 3.63) is 60.8 Å². The first-order valence-electron chi connectivity index (χ1n) is 7.79. The largest absolute Gasteiger partial charge is 0.394 e. The van der Waals surface area contributed by atoms with E-state index < -0.39 is 42.4 Å². The van der Waals surface area contributed by atoms with E-state index in [0.717, 1.165) is 10.8 Å². The Bertz CT molecular complexity index is 989. The Morgan fingerprint density at radius 2 is 2.00 bits per heavy atom. The minimum absolute atomic E-state index is 0.154. The summed E-state index contributed by atoms with van der Waals surface area (Å²) in [5.74, 6) is 0. The van der Waals surface area contributed by atoms with Gasteiger partial charge in [-0.2, -0.15) is 0 Å². The molecule has 0 radical (unpaired) electrons. The summed E-state index contributed by atoms with van der Waals surface area (Å²) in [6.07, 6.45) is -2.83. The van der Waals surface area contributed by atoms with Gasteiger partial charge in [-0.1, -0.05) is 29.3 Å². The van der Waals surface area contributed by atoms with Crippen LogP contribution < -0.4 is 11.2 Å². The van der Waals surface area contributed by atoms with Crippen LogP contribution in [0, 0.1) is 0 Å². The molecule has 27 heavy (non-hydrogen) atoms. The highest BCUT2D eigenvalue weighted by atomic mass is 35.5. The van der Waals surface area contributed by atoms with E-state index in [1.54, 1.807) is 12.1 Å².